The summed E-state index contributed by atoms with van der Waals surface area (Å²) in [4.78, 5) is 0. The van der Waals surface area contributed by atoms with E-state index in [0.29, 0.717) is 5.92 Å². The van der Waals surface area contributed by atoms with Crippen molar-refractivity contribution >= 4 is 18.7 Å². The monoisotopic (exact) mass is 339 g/mol. The molecule has 1 heterocycles. The molecule has 24 heavy (non-hydrogen) atoms. The second kappa shape index (κ2) is 7.22. The Labute approximate surface area is 147 Å². The fourth-order valence-electron chi connectivity index (χ4n) is 3.86. The van der Waals surface area contributed by atoms with Crippen LogP contribution in [0.4, 0.5) is 0 Å². The molecule has 2 aromatic rings. The van der Waals surface area contributed by atoms with E-state index in [1.165, 1.54) is 16.8 Å². The van der Waals surface area contributed by atoms with Gasteiger partial charge in [-0.25, -0.2) is 0 Å². The molecular formula is C21H29NOSi. The fraction of sp³-hybridized carbons (Fsp3) is 0.429. The predicted molar refractivity (Wildman–Crippen MR) is 105 cm³/mol. The van der Waals surface area contributed by atoms with E-state index < -0.39 is 8.32 Å². The van der Waals surface area contributed by atoms with Crippen LogP contribution in [0.2, 0.25) is 5.04 Å². The van der Waals surface area contributed by atoms with Crippen LogP contribution in [0, 0.1) is 5.92 Å². The van der Waals surface area contributed by atoms with E-state index in [1.54, 1.807) is 0 Å². The lowest BCUT2D eigenvalue weighted by Gasteiger charge is -2.43. The maximum atomic E-state index is 6.95. The molecule has 1 aliphatic rings. The summed E-state index contributed by atoms with van der Waals surface area (Å²) in [6, 6.07) is 21.8. The lowest BCUT2D eigenvalue weighted by molar-refractivity contribution is 0.245. The Morgan fingerprint density at radius 1 is 0.958 bits per heavy atom. The van der Waals surface area contributed by atoms with Crippen LogP contribution in [0.1, 0.15) is 27.2 Å². The van der Waals surface area contributed by atoms with Crippen molar-refractivity contribution in [3.63, 3.8) is 0 Å². The Morgan fingerprint density at radius 2 is 1.50 bits per heavy atom. The molecule has 0 aromatic heterocycles. The molecule has 1 saturated heterocycles. The Bertz CT molecular complexity index is 590. The molecule has 0 aliphatic carbocycles. The predicted octanol–water partition coefficient (Wildman–Crippen LogP) is 3.17. The van der Waals surface area contributed by atoms with E-state index in [9.17, 15) is 0 Å². The number of hydrogen-bond donors (Lipinski definition) is 1. The smallest absolute Gasteiger partial charge is 0.261 e. The van der Waals surface area contributed by atoms with Gasteiger partial charge in [-0.15, -0.1) is 0 Å². The van der Waals surface area contributed by atoms with E-state index in [4.69, 9.17) is 4.43 Å². The first kappa shape index (κ1) is 17.4. The Balaban J connectivity index is 2.06. The number of hydrogen-bond acceptors (Lipinski definition) is 2. The third-order valence-electron chi connectivity index (χ3n) is 5.11. The summed E-state index contributed by atoms with van der Waals surface area (Å²) < 4.78 is 6.95. The summed E-state index contributed by atoms with van der Waals surface area (Å²) in [5.41, 5.74) is 0. The summed E-state index contributed by atoms with van der Waals surface area (Å²) in [7, 11) is -2.34. The third kappa shape index (κ3) is 3.34. The lowest BCUT2D eigenvalue weighted by Crippen LogP contribution is -2.66. The van der Waals surface area contributed by atoms with Crippen molar-refractivity contribution in [3.05, 3.63) is 60.7 Å². The quantitative estimate of drug-likeness (QED) is 0.845. The van der Waals surface area contributed by atoms with Crippen LogP contribution in [0.3, 0.4) is 0 Å². The van der Waals surface area contributed by atoms with Crippen molar-refractivity contribution in [3.8, 4) is 0 Å². The largest absolute Gasteiger partial charge is 0.407 e. The SMILES string of the molecule is CC(C)(C)[Si](OC[C@@H]1CCNC1)(c1ccccc1)c1ccccc1. The average Bonchev–Trinajstić information content (AvgIpc) is 3.10. The van der Waals surface area contributed by atoms with E-state index in [-0.39, 0.29) is 5.04 Å². The molecule has 3 heteroatoms. The molecule has 0 saturated carbocycles. The first-order valence-electron chi connectivity index (χ1n) is 9.00. The molecule has 0 spiro atoms. The number of rotatable bonds is 5. The maximum absolute atomic E-state index is 6.95. The van der Waals surface area contributed by atoms with Crippen molar-refractivity contribution in [1.82, 2.24) is 5.32 Å². The number of nitrogens with one attached hydrogen (secondary N) is 1. The molecule has 0 bridgehead atoms. The van der Waals surface area contributed by atoms with Crippen LogP contribution in [0.25, 0.3) is 0 Å². The Morgan fingerprint density at radius 3 is 1.92 bits per heavy atom. The maximum Gasteiger partial charge on any atom is 0.261 e. The molecule has 0 amide bonds. The van der Waals surface area contributed by atoms with Crippen LogP contribution in [-0.4, -0.2) is 28.0 Å². The molecule has 1 atom stereocenters. The van der Waals surface area contributed by atoms with Crippen LogP contribution in [0.5, 0.6) is 0 Å². The summed E-state index contributed by atoms with van der Waals surface area (Å²) in [5, 5.41) is 6.27. The van der Waals surface area contributed by atoms with Gasteiger partial charge in [-0.1, -0.05) is 81.4 Å². The molecule has 1 fully saturated rings. The highest BCUT2D eigenvalue weighted by Gasteiger charge is 2.50. The topological polar surface area (TPSA) is 21.3 Å². The molecule has 128 valence electrons. The summed E-state index contributed by atoms with van der Waals surface area (Å²) in [6.45, 7) is 10.1. The zero-order valence-corrected chi connectivity index (χ0v) is 16.1. The van der Waals surface area contributed by atoms with Gasteiger partial charge in [0.1, 0.15) is 0 Å². The summed E-state index contributed by atoms with van der Waals surface area (Å²) in [6.07, 6.45) is 1.22. The van der Waals surface area contributed by atoms with Crippen molar-refractivity contribution < 1.29 is 4.43 Å². The summed E-state index contributed by atoms with van der Waals surface area (Å²) in [5.74, 6) is 0.631. The normalized spacial score (nSPS) is 18.7. The van der Waals surface area contributed by atoms with Gasteiger partial charge >= 0.3 is 0 Å². The van der Waals surface area contributed by atoms with Crippen LogP contribution < -0.4 is 15.7 Å². The second-order valence-electron chi connectivity index (χ2n) is 7.83. The van der Waals surface area contributed by atoms with Crippen LogP contribution in [0.15, 0.2) is 60.7 Å². The molecule has 2 nitrogen and oxygen atoms in total. The molecule has 3 rings (SSSR count). The van der Waals surface area contributed by atoms with Gasteiger partial charge in [-0.3, -0.25) is 0 Å². The fourth-order valence-corrected chi connectivity index (χ4v) is 8.50. The van der Waals surface area contributed by atoms with Gasteiger partial charge in [0.15, 0.2) is 0 Å². The summed E-state index contributed by atoms with van der Waals surface area (Å²) >= 11 is 0. The minimum absolute atomic E-state index is 0.0712. The first-order chi connectivity index (χ1) is 11.5. The minimum atomic E-state index is -2.34. The van der Waals surface area contributed by atoms with Crippen molar-refractivity contribution in [2.45, 2.75) is 32.2 Å². The molecule has 1 aliphatic heterocycles. The molecular weight excluding hydrogens is 310 g/mol. The van der Waals surface area contributed by atoms with Gasteiger partial charge in [-0.2, -0.15) is 0 Å². The average molecular weight is 340 g/mol. The Kier molecular flexibility index (Phi) is 5.23. The zero-order valence-electron chi connectivity index (χ0n) is 15.1. The highest BCUT2D eigenvalue weighted by atomic mass is 28.4. The van der Waals surface area contributed by atoms with Crippen molar-refractivity contribution in [2.75, 3.05) is 19.7 Å². The molecule has 1 N–H and O–H groups in total. The Hall–Kier alpha value is -1.42. The van der Waals surface area contributed by atoms with Gasteiger partial charge < -0.3 is 9.74 Å². The highest BCUT2D eigenvalue weighted by molar-refractivity contribution is 6.99. The van der Waals surface area contributed by atoms with E-state index in [1.807, 2.05) is 0 Å². The van der Waals surface area contributed by atoms with Crippen molar-refractivity contribution in [1.29, 1.82) is 0 Å². The first-order valence-corrected chi connectivity index (χ1v) is 10.9. The van der Waals surface area contributed by atoms with Gasteiger partial charge in [-0.05, 0) is 34.3 Å². The minimum Gasteiger partial charge on any atom is -0.407 e. The van der Waals surface area contributed by atoms with Gasteiger partial charge in [0, 0.05) is 13.2 Å². The van der Waals surface area contributed by atoms with Crippen LogP contribution >= 0.6 is 0 Å². The van der Waals surface area contributed by atoms with Gasteiger partial charge in [0.05, 0.1) is 0 Å². The van der Waals surface area contributed by atoms with E-state index in [0.717, 1.165) is 19.7 Å². The third-order valence-corrected chi connectivity index (χ3v) is 10.1. The van der Waals surface area contributed by atoms with E-state index >= 15 is 0 Å². The standard InChI is InChI=1S/C21H29NOSi/c1-21(2,3)24(19-10-6-4-7-11-19,20-12-8-5-9-13-20)23-17-18-14-15-22-16-18/h4-13,18,22H,14-17H2,1-3H3/t18-/m1/s1. The van der Waals surface area contributed by atoms with Crippen molar-refractivity contribution in [2.24, 2.45) is 5.92 Å². The molecule has 0 radical (unpaired) electrons. The lowest BCUT2D eigenvalue weighted by atomic mass is 10.1. The van der Waals surface area contributed by atoms with E-state index in [2.05, 4.69) is 86.8 Å². The number of benzene rings is 2. The van der Waals surface area contributed by atoms with Crippen LogP contribution in [-0.2, 0) is 4.43 Å². The van der Waals surface area contributed by atoms with Gasteiger partial charge in [0.2, 0.25) is 0 Å². The molecule has 0 unspecified atom stereocenters. The zero-order chi connectivity index (χ0) is 17.0. The molecule has 2 aromatic carbocycles. The second-order valence-corrected chi connectivity index (χ2v) is 12.1. The highest BCUT2D eigenvalue weighted by Crippen LogP contribution is 2.37. The van der Waals surface area contributed by atoms with Gasteiger partial charge in [0.25, 0.3) is 8.32 Å².